The highest BCUT2D eigenvalue weighted by Crippen LogP contribution is 2.23. The Morgan fingerprint density at radius 2 is 2.11 bits per heavy atom. The van der Waals surface area contributed by atoms with Gasteiger partial charge in [-0.3, -0.25) is 4.79 Å². The minimum absolute atomic E-state index is 0.0387. The molecule has 0 aliphatic carbocycles. The van der Waals surface area contributed by atoms with E-state index in [9.17, 15) is 13.2 Å². The van der Waals surface area contributed by atoms with E-state index >= 15 is 0 Å². The highest BCUT2D eigenvalue weighted by molar-refractivity contribution is 9.10. The minimum atomic E-state index is -3.00. The van der Waals surface area contributed by atoms with E-state index < -0.39 is 9.84 Å². The summed E-state index contributed by atoms with van der Waals surface area (Å²) in [6.45, 7) is 0. The Morgan fingerprint density at radius 1 is 1.42 bits per heavy atom. The summed E-state index contributed by atoms with van der Waals surface area (Å²) in [4.78, 5) is 13.8. The number of hydrogen-bond donors (Lipinski definition) is 0. The number of amides is 1. The topological polar surface area (TPSA) is 54.5 Å². The predicted molar refractivity (Wildman–Crippen MR) is 78.3 cm³/mol. The maximum atomic E-state index is 12.3. The molecule has 1 atom stereocenters. The first-order chi connectivity index (χ1) is 8.78. The fourth-order valence-corrected chi connectivity index (χ4v) is 4.76. The van der Waals surface area contributed by atoms with E-state index in [0.717, 1.165) is 4.47 Å². The van der Waals surface area contributed by atoms with Crippen LogP contribution in [0.3, 0.4) is 0 Å². The van der Waals surface area contributed by atoms with Gasteiger partial charge in [0.1, 0.15) is 0 Å². The van der Waals surface area contributed by atoms with E-state index in [-0.39, 0.29) is 23.5 Å². The van der Waals surface area contributed by atoms with Crippen molar-refractivity contribution in [1.29, 1.82) is 0 Å². The quantitative estimate of drug-likeness (QED) is 0.807. The zero-order valence-electron chi connectivity index (χ0n) is 10.3. The maximum Gasteiger partial charge on any atom is 0.253 e. The highest BCUT2D eigenvalue weighted by Gasteiger charge is 2.33. The van der Waals surface area contributed by atoms with Gasteiger partial charge >= 0.3 is 0 Å². The van der Waals surface area contributed by atoms with Crippen molar-refractivity contribution >= 4 is 43.3 Å². The molecule has 0 spiro atoms. The monoisotopic (exact) mass is 365 g/mol. The van der Waals surface area contributed by atoms with Crippen LogP contribution in [0.1, 0.15) is 16.8 Å². The van der Waals surface area contributed by atoms with E-state index in [0.29, 0.717) is 17.0 Å². The molecule has 0 N–H and O–H groups in total. The molecule has 1 aliphatic rings. The van der Waals surface area contributed by atoms with Crippen LogP contribution in [0.4, 0.5) is 0 Å². The van der Waals surface area contributed by atoms with Gasteiger partial charge in [-0.1, -0.05) is 27.5 Å². The van der Waals surface area contributed by atoms with Gasteiger partial charge in [0.15, 0.2) is 9.84 Å². The summed E-state index contributed by atoms with van der Waals surface area (Å²) >= 11 is 9.19. The van der Waals surface area contributed by atoms with Gasteiger partial charge in [-0.05, 0) is 24.6 Å². The molecule has 1 aliphatic heterocycles. The summed E-state index contributed by atoms with van der Waals surface area (Å²) in [6, 6.07) is 4.69. The van der Waals surface area contributed by atoms with Crippen LogP contribution in [-0.2, 0) is 9.84 Å². The summed E-state index contributed by atoms with van der Waals surface area (Å²) in [6.07, 6.45) is 0.492. The molecule has 1 aromatic carbocycles. The molecule has 1 fully saturated rings. The van der Waals surface area contributed by atoms with Crippen LogP contribution < -0.4 is 0 Å². The van der Waals surface area contributed by atoms with Gasteiger partial charge < -0.3 is 4.90 Å². The first-order valence-electron chi connectivity index (χ1n) is 5.72. The van der Waals surface area contributed by atoms with Crippen LogP contribution in [0.2, 0.25) is 5.02 Å². The van der Waals surface area contributed by atoms with Crippen LogP contribution in [0.15, 0.2) is 22.7 Å². The number of carbonyl (C=O) groups is 1. The second-order valence-electron chi connectivity index (χ2n) is 4.63. The van der Waals surface area contributed by atoms with Crippen molar-refractivity contribution in [3.05, 3.63) is 33.3 Å². The minimum Gasteiger partial charge on any atom is -0.338 e. The van der Waals surface area contributed by atoms with Crippen molar-refractivity contribution in [2.45, 2.75) is 12.5 Å². The lowest BCUT2D eigenvalue weighted by atomic mass is 10.1. The van der Waals surface area contributed by atoms with Crippen molar-refractivity contribution in [3.8, 4) is 0 Å². The lowest BCUT2D eigenvalue weighted by Crippen LogP contribution is -2.37. The van der Waals surface area contributed by atoms with Crippen molar-refractivity contribution in [3.63, 3.8) is 0 Å². The molecular formula is C12H13BrClNO3S. The number of sulfone groups is 1. The van der Waals surface area contributed by atoms with E-state index in [4.69, 9.17) is 11.6 Å². The van der Waals surface area contributed by atoms with E-state index in [1.54, 1.807) is 25.2 Å². The van der Waals surface area contributed by atoms with Crippen molar-refractivity contribution in [2.75, 3.05) is 18.6 Å². The summed E-state index contributed by atoms with van der Waals surface area (Å²) in [5.74, 6) is -0.0313. The summed E-state index contributed by atoms with van der Waals surface area (Å²) < 4.78 is 23.6. The molecule has 1 heterocycles. The smallest absolute Gasteiger partial charge is 0.253 e. The van der Waals surface area contributed by atoms with Gasteiger partial charge in [-0.2, -0.15) is 0 Å². The average Bonchev–Trinajstić information content (AvgIpc) is 2.66. The third kappa shape index (κ3) is 3.49. The SMILES string of the molecule is CN(C(=O)c1cc(Cl)cc(Br)c1)C1CCS(=O)(=O)C1. The molecule has 1 amide bonds. The van der Waals surface area contributed by atoms with Gasteiger partial charge in [0.05, 0.1) is 11.5 Å². The number of benzene rings is 1. The second kappa shape index (κ2) is 5.42. The summed E-state index contributed by atoms with van der Waals surface area (Å²) in [5.41, 5.74) is 0.450. The van der Waals surface area contributed by atoms with Gasteiger partial charge in [0.25, 0.3) is 5.91 Å². The molecule has 2 rings (SSSR count). The normalized spacial score (nSPS) is 21.3. The third-order valence-electron chi connectivity index (χ3n) is 3.19. The highest BCUT2D eigenvalue weighted by atomic mass is 79.9. The number of halogens is 2. The second-order valence-corrected chi connectivity index (χ2v) is 8.21. The Kier molecular flexibility index (Phi) is 4.23. The number of carbonyl (C=O) groups excluding carboxylic acids is 1. The van der Waals surface area contributed by atoms with Crippen LogP contribution in [0.5, 0.6) is 0 Å². The van der Waals surface area contributed by atoms with Crippen LogP contribution >= 0.6 is 27.5 Å². The fourth-order valence-electron chi connectivity index (χ4n) is 2.13. The lowest BCUT2D eigenvalue weighted by molar-refractivity contribution is 0.0747. The molecule has 1 saturated heterocycles. The molecule has 1 aromatic rings. The summed E-state index contributed by atoms with van der Waals surface area (Å²) in [5, 5.41) is 0.463. The molecule has 0 bridgehead atoms. The maximum absolute atomic E-state index is 12.3. The molecule has 19 heavy (non-hydrogen) atoms. The fraction of sp³-hybridized carbons (Fsp3) is 0.417. The molecule has 1 unspecified atom stereocenters. The van der Waals surface area contributed by atoms with Crippen molar-refractivity contribution in [2.24, 2.45) is 0 Å². The molecule has 4 nitrogen and oxygen atoms in total. The van der Waals surface area contributed by atoms with E-state index in [2.05, 4.69) is 15.9 Å². The van der Waals surface area contributed by atoms with Gasteiger partial charge in [0, 0.05) is 28.1 Å². The Balaban J connectivity index is 2.20. The van der Waals surface area contributed by atoms with E-state index in [1.807, 2.05) is 0 Å². The number of rotatable bonds is 2. The average molecular weight is 367 g/mol. The van der Waals surface area contributed by atoms with Crippen LogP contribution in [-0.4, -0.2) is 43.8 Å². The first-order valence-corrected chi connectivity index (χ1v) is 8.71. The molecule has 0 aromatic heterocycles. The van der Waals surface area contributed by atoms with Gasteiger partial charge in [-0.25, -0.2) is 8.42 Å². The number of nitrogens with zero attached hydrogens (tertiary/aromatic N) is 1. The Bertz CT molecular complexity index is 597. The van der Waals surface area contributed by atoms with Gasteiger partial charge in [0.2, 0.25) is 0 Å². The molecule has 104 valence electrons. The molecular weight excluding hydrogens is 354 g/mol. The molecule has 0 radical (unpaired) electrons. The first kappa shape index (κ1) is 14.8. The lowest BCUT2D eigenvalue weighted by Gasteiger charge is -2.23. The zero-order valence-corrected chi connectivity index (χ0v) is 13.4. The standard InChI is InChI=1S/C12H13BrClNO3S/c1-15(11-2-3-19(17,18)7-11)12(16)8-4-9(13)6-10(14)5-8/h4-6,11H,2-3,7H2,1H3. The number of hydrogen-bond acceptors (Lipinski definition) is 3. The Hall–Kier alpha value is -0.590. The Labute approximate surface area is 125 Å². The van der Waals surface area contributed by atoms with Crippen molar-refractivity contribution in [1.82, 2.24) is 4.90 Å². The summed E-state index contributed by atoms with van der Waals surface area (Å²) in [7, 11) is -1.37. The Morgan fingerprint density at radius 3 is 2.63 bits per heavy atom. The van der Waals surface area contributed by atoms with Crippen LogP contribution in [0, 0.1) is 0 Å². The van der Waals surface area contributed by atoms with Gasteiger partial charge in [-0.15, -0.1) is 0 Å². The molecule has 7 heteroatoms. The largest absolute Gasteiger partial charge is 0.338 e. The predicted octanol–water partition coefficient (Wildman–Crippen LogP) is 2.36. The third-order valence-corrected chi connectivity index (χ3v) is 5.61. The zero-order chi connectivity index (χ0) is 14.2. The van der Waals surface area contributed by atoms with E-state index in [1.165, 1.54) is 4.90 Å². The molecule has 0 saturated carbocycles. The van der Waals surface area contributed by atoms with Crippen LogP contribution in [0.25, 0.3) is 0 Å². The van der Waals surface area contributed by atoms with Crippen molar-refractivity contribution < 1.29 is 13.2 Å².